The van der Waals surface area contributed by atoms with Gasteiger partial charge in [-0.05, 0) is 25.1 Å². The van der Waals surface area contributed by atoms with Crippen molar-refractivity contribution in [1.82, 2.24) is 15.1 Å². The molecule has 162 valence electrons. The number of amides is 1. The number of carbonyl (C=O) groups excluding carboxylic acids is 1. The number of para-hydroxylation sites is 1. The highest BCUT2D eigenvalue weighted by atomic mass is 32.2. The van der Waals surface area contributed by atoms with Gasteiger partial charge in [-0.3, -0.25) is 13.8 Å². The number of aryl methyl sites for hydroxylation is 2. The molecule has 1 N–H and O–H groups in total. The van der Waals surface area contributed by atoms with E-state index in [-0.39, 0.29) is 22.3 Å². The first kappa shape index (κ1) is 20.9. The molecule has 0 saturated heterocycles. The molecule has 0 radical (unpaired) electrons. The summed E-state index contributed by atoms with van der Waals surface area (Å²) in [5, 5.41) is 7.15. The number of hydrogen-bond donors (Lipinski definition) is 1. The van der Waals surface area contributed by atoms with Crippen molar-refractivity contribution in [3.63, 3.8) is 0 Å². The Balaban J connectivity index is 1.64. The van der Waals surface area contributed by atoms with Crippen LogP contribution in [0.2, 0.25) is 0 Å². The van der Waals surface area contributed by atoms with Crippen molar-refractivity contribution in [3.8, 4) is 5.75 Å². The van der Waals surface area contributed by atoms with Crippen LogP contribution in [0.1, 0.15) is 33.9 Å². The molecule has 2 heterocycles. The SMILES string of the molecule is Cc1ccc(S(=O)(=O)N(C)c2c(C(=O)NC3CCOc4ccccc43)cnn2C)cc1. The Bertz CT molecular complexity index is 1220. The van der Waals surface area contributed by atoms with E-state index in [0.29, 0.717) is 13.0 Å². The minimum absolute atomic E-state index is 0.145. The average molecular weight is 441 g/mol. The van der Waals surface area contributed by atoms with Crippen molar-refractivity contribution >= 4 is 21.7 Å². The zero-order valence-electron chi connectivity index (χ0n) is 17.6. The van der Waals surface area contributed by atoms with Gasteiger partial charge in [-0.25, -0.2) is 8.42 Å². The lowest BCUT2D eigenvalue weighted by Crippen LogP contribution is -2.34. The van der Waals surface area contributed by atoms with E-state index >= 15 is 0 Å². The Morgan fingerprint density at radius 1 is 1.19 bits per heavy atom. The molecule has 1 aliphatic heterocycles. The van der Waals surface area contributed by atoms with E-state index < -0.39 is 15.9 Å². The maximum Gasteiger partial charge on any atom is 0.265 e. The van der Waals surface area contributed by atoms with Crippen LogP contribution in [0, 0.1) is 6.92 Å². The molecule has 31 heavy (non-hydrogen) atoms. The lowest BCUT2D eigenvalue weighted by Gasteiger charge is -2.27. The highest BCUT2D eigenvalue weighted by Gasteiger charge is 2.30. The van der Waals surface area contributed by atoms with Crippen molar-refractivity contribution in [2.45, 2.75) is 24.3 Å². The fraction of sp³-hybridized carbons (Fsp3) is 0.273. The van der Waals surface area contributed by atoms with Crippen molar-refractivity contribution in [2.24, 2.45) is 7.05 Å². The number of anilines is 1. The van der Waals surface area contributed by atoms with Crippen LogP contribution < -0.4 is 14.4 Å². The van der Waals surface area contributed by atoms with Gasteiger partial charge in [0.05, 0.1) is 23.7 Å². The van der Waals surface area contributed by atoms with E-state index in [4.69, 9.17) is 4.74 Å². The second-order valence-electron chi connectivity index (χ2n) is 7.49. The van der Waals surface area contributed by atoms with Gasteiger partial charge < -0.3 is 10.1 Å². The monoisotopic (exact) mass is 440 g/mol. The highest BCUT2D eigenvalue weighted by Crippen LogP contribution is 2.32. The quantitative estimate of drug-likeness (QED) is 0.659. The molecule has 1 unspecified atom stereocenters. The Morgan fingerprint density at radius 2 is 1.90 bits per heavy atom. The lowest BCUT2D eigenvalue weighted by atomic mass is 10.0. The number of rotatable bonds is 5. The van der Waals surface area contributed by atoms with Gasteiger partial charge in [0.2, 0.25) is 0 Å². The standard InChI is InChI=1S/C22H24N4O4S/c1-15-8-10-16(11-9-15)31(28,29)26(3)22-18(14-23-25(22)2)21(27)24-19-12-13-30-20-7-5-4-6-17(19)20/h4-11,14,19H,12-13H2,1-3H3,(H,24,27). The molecule has 1 aromatic heterocycles. The van der Waals surface area contributed by atoms with Gasteiger partial charge in [-0.1, -0.05) is 35.9 Å². The number of benzene rings is 2. The van der Waals surface area contributed by atoms with Gasteiger partial charge in [0.1, 0.15) is 11.3 Å². The van der Waals surface area contributed by atoms with E-state index in [1.54, 1.807) is 31.3 Å². The van der Waals surface area contributed by atoms with E-state index in [0.717, 1.165) is 21.2 Å². The first-order chi connectivity index (χ1) is 14.8. The van der Waals surface area contributed by atoms with Crippen molar-refractivity contribution in [3.05, 3.63) is 71.4 Å². The predicted octanol–water partition coefficient (Wildman–Crippen LogP) is 2.81. The minimum Gasteiger partial charge on any atom is -0.493 e. The number of fused-ring (bicyclic) bond motifs is 1. The van der Waals surface area contributed by atoms with E-state index in [1.807, 2.05) is 31.2 Å². The summed E-state index contributed by atoms with van der Waals surface area (Å²) in [7, 11) is -0.835. The molecule has 0 spiro atoms. The van der Waals surface area contributed by atoms with Crippen LogP contribution in [0.3, 0.4) is 0 Å². The third-order valence-corrected chi connectivity index (χ3v) is 7.16. The molecular weight excluding hydrogens is 416 g/mol. The van der Waals surface area contributed by atoms with Crippen LogP contribution in [0.5, 0.6) is 5.75 Å². The van der Waals surface area contributed by atoms with Crippen LogP contribution in [-0.2, 0) is 17.1 Å². The topological polar surface area (TPSA) is 93.5 Å². The van der Waals surface area contributed by atoms with Gasteiger partial charge in [-0.15, -0.1) is 0 Å². The van der Waals surface area contributed by atoms with Crippen LogP contribution in [0.4, 0.5) is 5.82 Å². The molecule has 0 aliphatic carbocycles. The number of sulfonamides is 1. The number of ether oxygens (including phenoxy) is 1. The smallest absolute Gasteiger partial charge is 0.265 e. The fourth-order valence-corrected chi connectivity index (χ4v) is 4.92. The lowest BCUT2D eigenvalue weighted by molar-refractivity contribution is 0.0925. The van der Waals surface area contributed by atoms with Gasteiger partial charge in [-0.2, -0.15) is 5.10 Å². The van der Waals surface area contributed by atoms with Gasteiger partial charge >= 0.3 is 0 Å². The van der Waals surface area contributed by atoms with Gasteiger partial charge in [0, 0.05) is 26.1 Å². The molecule has 0 fully saturated rings. The van der Waals surface area contributed by atoms with Crippen LogP contribution in [0.15, 0.2) is 59.6 Å². The van der Waals surface area contributed by atoms with Gasteiger partial charge in [0.15, 0.2) is 5.82 Å². The Morgan fingerprint density at radius 3 is 2.65 bits per heavy atom. The molecule has 1 atom stereocenters. The van der Waals surface area contributed by atoms with Crippen molar-refractivity contribution in [2.75, 3.05) is 18.0 Å². The van der Waals surface area contributed by atoms with Crippen LogP contribution >= 0.6 is 0 Å². The Hall–Kier alpha value is -3.33. The van der Waals surface area contributed by atoms with Gasteiger partial charge in [0.25, 0.3) is 15.9 Å². The summed E-state index contributed by atoms with van der Waals surface area (Å²) in [5.74, 6) is 0.540. The highest BCUT2D eigenvalue weighted by molar-refractivity contribution is 7.92. The zero-order valence-corrected chi connectivity index (χ0v) is 18.4. The summed E-state index contributed by atoms with van der Waals surface area (Å²) in [5.41, 5.74) is 2.04. The molecule has 4 rings (SSSR count). The number of nitrogens with zero attached hydrogens (tertiary/aromatic N) is 3. The third-order valence-electron chi connectivity index (χ3n) is 5.39. The molecule has 2 aromatic carbocycles. The summed E-state index contributed by atoms with van der Waals surface area (Å²) in [4.78, 5) is 13.3. The molecule has 1 amide bonds. The predicted molar refractivity (Wildman–Crippen MR) is 117 cm³/mol. The maximum atomic E-state index is 13.2. The summed E-state index contributed by atoms with van der Waals surface area (Å²) < 4.78 is 34.5. The largest absolute Gasteiger partial charge is 0.493 e. The summed E-state index contributed by atoms with van der Waals surface area (Å²) >= 11 is 0. The molecule has 1 aliphatic rings. The Labute approximate surface area is 181 Å². The Kier molecular flexibility index (Phi) is 5.45. The van der Waals surface area contributed by atoms with E-state index in [2.05, 4.69) is 10.4 Å². The fourth-order valence-electron chi connectivity index (χ4n) is 3.67. The van der Waals surface area contributed by atoms with Crippen molar-refractivity contribution < 1.29 is 17.9 Å². The summed E-state index contributed by atoms with van der Waals surface area (Å²) in [6, 6.07) is 13.9. The van der Waals surface area contributed by atoms with Crippen molar-refractivity contribution in [1.29, 1.82) is 0 Å². The second-order valence-corrected chi connectivity index (χ2v) is 9.46. The number of carbonyl (C=O) groups is 1. The second kappa shape index (κ2) is 8.07. The van der Waals surface area contributed by atoms with E-state index in [1.165, 1.54) is 17.9 Å². The molecule has 8 nitrogen and oxygen atoms in total. The minimum atomic E-state index is -3.87. The molecular formula is C22H24N4O4S. The normalized spacial score (nSPS) is 15.6. The maximum absolute atomic E-state index is 13.2. The van der Waals surface area contributed by atoms with Crippen LogP contribution in [-0.4, -0.2) is 37.8 Å². The first-order valence-corrected chi connectivity index (χ1v) is 11.3. The zero-order chi connectivity index (χ0) is 22.2. The molecule has 9 heteroatoms. The van der Waals surface area contributed by atoms with E-state index in [9.17, 15) is 13.2 Å². The molecule has 3 aromatic rings. The number of hydrogen-bond acceptors (Lipinski definition) is 5. The third kappa shape index (κ3) is 3.88. The molecule has 0 saturated carbocycles. The number of aromatic nitrogens is 2. The summed E-state index contributed by atoms with van der Waals surface area (Å²) in [6.45, 7) is 2.38. The van der Waals surface area contributed by atoms with Crippen LogP contribution in [0.25, 0.3) is 0 Å². The first-order valence-electron chi connectivity index (χ1n) is 9.89. The summed E-state index contributed by atoms with van der Waals surface area (Å²) in [6.07, 6.45) is 2.01. The molecule has 0 bridgehead atoms. The average Bonchev–Trinajstić information content (AvgIpc) is 3.15. The number of nitrogens with one attached hydrogen (secondary N) is 1.